The highest BCUT2D eigenvalue weighted by Gasteiger charge is 2.78. The summed E-state index contributed by atoms with van der Waals surface area (Å²) < 4.78 is 45.6. The molecule has 18 heteroatoms. The van der Waals surface area contributed by atoms with Crippen LogP contribution < -0.4 is 10.1 Å². The minimum absolute atomic E-state index is 0.0382. The van der Waals surface area contributed by atoms with Crippen molar-refractivity contribution in [3.8, 4) is 5.75 Å². The Kier molecular flexibility index (Phi) is 13.4. The van der Waals surface area contributed by atoms with Gasteiger partial charge in [-0.1, -0.05) is 31.6 Å². The van der Waals surface area contributed by atoms with Crippen LogP contribution in [0.15, 0.2) is 47.1 Å². The third-order valence-electron chi connectivity index (χ3n) is 12.6. The summed E-state index contributed by atoms with van der Waals surface area (Å²) in [5, 5.41) is 39.7. The molecule has 1 aliphatic heterocycles. The zero-order chi connectivity index (χ0) is 46.5. The number of aliphatic hydroxyl groups is 3. The van der Waals surface area contributed by atoms with E-state index in [1.165, 1.54) is 59.1 Å². The second-order valence-corrected chi connectivity index (χ2v) is 18.4. The van der Waals surface area contributed by atoms with Crippen molar-refractivity contribution >= 4 is 35.9 Å². The molecule has 4 aliphatic rings. The standard InChI is InChI=1S/C44H59NO17/c1-21(2)16-26(45-38(52)62-40(5,6)7)31(48)37(51)58-27-19-44(54)35(60-36(50)24-14-13-15-25(17-24)55-11)33-42(10,28(47)18-29-43(33,20-57-29)61-23(4)46)34(49)32(59-39(53)56-12)30(22(27)3)41(44,8)9/h13-17,26-29,31-33,35,47-48,54H,18-20H2,1-12H3,(H,45,52)/t26-,27-,28-,29+,31+,32+,33-,35-,42+,43-,44+/m0/s1. The normalized spacial score (nSPS) is 32.0. The monoisotopic (exact) mass is 873 g/mol. The number of fused-ring (bicyclic) bond motifs is 5. The summed E-state index contributed by atoms with van der Waals surface area (Å²) in [5.41, 5.74) is -8.52. The first-order valence-corrected chi connectivity index (χ1v) is 20.3. The molecule has 1 saturated heterocycles. The van der Waals surface area contributed by atoms with E-state index in [1.807, 2.05) is 0 Å². The molecule has 3 fully saturated rings. The quantitative estimate of drug-likeness (QED) is 0.149. The van der Waals surface area contributed by atoms with Gasteiger partial charge in [-0.3, -0.25) is 9.59 Å². The van der Waals surface area contributed by atoms with Gasteiger partial charge in [0.25, 0.3) is 0 Å². The highest BCUT2D eigenvalue weighted by molar-refractivity contribution is 5.95. The van der Waals surface area contributed by atoms with Gasteiger partial charge in [0.15, 0.2) is 23.6 Å². The third-order valence-corrected chi connectivity index (χ3v) is 12.6. The topological polar surface area (TPSA) is 249 Å². The molecular formula is C44H59NO17. The summed E-state index contributed by atoms with van der Waals surface area (Å²) in [6, 6.07) is 4.55. The minimum Gasteiger partial charge on any atom is -0.497 e. The molecule has 4 N–H and O–H groups in total. The van der Waals surface area contributed by atoms with Crippen molar-refractivity contribution in [1.82, 2.24) is 5.32 Å². The third kappa shape index (κ3) is 8.53. The fourth-order valence-electron chi connectivity index (χ4n) is 9.54. The second kappa shape index (κ2) is 17.3. The highest BCUT2D eigenvalue weighted by atomic mass is 16.7. The number of ketones is 1. The van der Waals surface area contributed by atoms with Crippen LogP contribution in [0.5, 0.6) is 5.75 Å². The van der Waals surface area contributed by atoms with E-state index in [0.29, 0.717) is 5.57 Å². The number of methoxy groups -OCH3 is 2. The summed E-state index contributed by atoms with van der Waals surface area (Å²) >= 11 is 0. The minimum atomic E-state index is -2.46. The average molecular weight is 874 g/mol. The van der Waals surface area contributed by atoms with Crippen molar-refractivity contribution in [2.75, 3.05) is 20.8 Å². The van der Waals surface area contributed by atoms with Crippen LogP contribution in [-0.2, 0) is 47.5 Å². The lowest BCUT2D eigenvalue weighted by Crippen LogP contribution is -2.82. The Bertz CT molecular complexity index is 2030. The summed E-state index contributed by atoms with van der Waals surface area (Å²) in [7, 11) is 2.41. The molecule has 2 bridgehead atoms. The molecule has 5 rings (SSSR count). The molecule has 62 heavy (non-hydrogen) atoms. The fraction of sp³-hybridized carbons (Fsp3) is 0.636. The van der Waals surface area contributed by atoms with E-state index in [9.17, 15) is 39.3 Å². The van der Waals surface area contributed by atoms with Crippen LogP contribution >= 0.6 is 0 Å². The van der Waals surface area contributed by atoms with Gasteiger partial charge in [0.05, 0.1) is 49.9 Å². The van der Waals surface area contributed by atoms with E-state index >= 15 is 4.79 Å². The zero-order valence-corrected chi connectivity index (χ0v) is 37.2. The molecule has 0 unspecified atom stereocenters. The Hall–Kier alpha value is -5.04. The van der Waals surface area contributed by atoms with Crippen molar-refractivity contribution in [2.24, 2.45) is 16.7 Å². The lowest BCUT2D eigenvalue weighted by molar-refractivity contribution is -0.346. The van der Waals surface area contributed by atoms with Crippen molar-refractivity contribution < 1.29 is 82.0 Å². The van der Waals surface area contributed by atoms with E-state index in [1.54, 1.807) is 40.7 Å². The molecule has 0 radical (unpaired) electrons. The van der Waals surface area contributed by atoms with Gasteiger partial charge in [0.2, 0.25) is 0 Å². The van der Waals surface area contributed by atoms with Gasteiger partial charge < -0.3 is 58.5 Å². The van der Waals surface area contributed by atoms with Gasteiger partial charge in [-0.15, -0.1) is 0 Å². The second-order valence-electron chi connectivity index (χ2n) is 18.4. The molecule has 1 aromatic rings. The molecule has 2 saturated carbocycles. The summed E-state index contributed by atoms with van der Waals surface area (Å²) in [5.74, 6) is -5.40. The van der Waals surface area contributed by atoms with Crippen molar-refractivity contribution in [3.63, 3.8) is 0 Å². The van der Waals surface area contributed by atoms with Crippen LogP contribution in [0.2, 0.25) is 0 Å². The molecule has 3 aliphatic carbocycles. The number of allylic oxidation sites excluding steroid dienone is 1. The Morgan fingerprint density at radius 2 is 1.68 bits per heavy atom. The largest absolute Gasteiger partial charge is 0.509 e. The highest BCUT2D eigenvalue weighted by Crippen LogP contribution is 2.64. The van der Waals surface area contributed by atoms with Crippen LogP contribution in [0.25, 0.3) is 0 Å². The van der Waals surface area contributed by atoms with Crippen LogP contribution in [0.3, 0.4) is 0 Å². The van der Waals surface area contributed by atoms with Crippen molar-refractivity contribution in [1.29, 1.82) is 0 Å². The number of carbonyl (C=O) groups excluding carboxylic acids is 6. The number of benzene rings is 1. The summed E-state index contributed by atoms with van der Waals surface area (Å²) in [6.45, 7) is 14.9. The van der Waals surface area contributed by atoms with Gasteiger partial charge in [-0.05, 0) is 77.8 Å². The molecule has 1 heterocycles. The van der Waals surface area contributed by atoms with Crippen LogP contribution in [0.1, 0.15) is 92.4 Å². The number of esters is 3. The number of hydrogen-bond donors (Lipinski definition) is 4. The number of carbonyl (C=O) groups is 6. The number of ether oxygens (including phenoxy) is 8. The van der Waals surface area contributed by atoms with E-state index in [2.05, 4.69) is 5.32 Å². The van der Waals surface area contributed by atoms with Crippen LogP contribution in [-0.4, -0.2) is 132 Å². The first kappa shape index (κ1) is 48.0. The maximum atomic E-state index is 15.5. The molecule has 0 aromatic heterocycles. The smallest absolute Gasteiger partial charge is 0.497 e. The molecule has 18 nitrogen and oxygen atoms in total. The van der Waals surface area contributed by atoms with E-state index in [-0.39, 0.29) is 35.5 Å². The van der Waals surface area contributed by atoms with Gasteiger partial charge in [-0.25, -0.2) is 19.2 Å². The Morgan fingerprint density at radius 1 is 1.02 bits per heavy atom. The van der Waals surface area contributed by atoms with E-state index in [4.69, 9.17) is 37.9 Å². The first-order valence-electron chi connectivity index (χ1n) is 20.3. The molecule has 342 valence electrons. The molecule has 1 aromatic carbocycles. The van der Waals surface area contributed by atoms with Gasteiger partial charge in [0.1, 0.15) is 35.3 Å². The van der Waals surface area contributed by atoms with Crippen LogP contribution in [0, 0.1) is 16.7 Å². The maximum Gasteiger partial charge on any atom is 0.509 e. The average Bonchev–Trinajstić information content (AvgIpc) is 3.17. The number of Topliss-reactive ketones (excluding diaryl/α,β-unsaturated/α-hetero) is 1. The number of hydrogen-bond acceptors (Lipinski definition) is 17. The summed E-state index contributed by atoms with van der Waals surface area (Å²) in [6.07, 6.45) is -11.9. The predicted molar refractivity (Wildman–Crippen MR) is 215 cm³/mol. The Balaban J connectivity index is 1.76. The van der Waals surface area contributed by atoms with Crippen molar-refractivity contribution in [3.05, 3.63) is 52.6 Å². The van der Waals surface area contributed by atoms with E-state index in [0.717, 1.165) is 14.0 Å². The van der Waals surface area contributed by atoms with E-state index < -0.39 is 119 Å². The lowest BCUT2D eigenvalue weighted by Gasteiger charge is -2.67. The van der Waals surface area contributed by atoms with Gasteiger partial charge in [-0.2, -0.15) is 0 Å². The van der Waals surface area contributed by atoms with Gasteiger partial charge in [0, 0.05) is 25.2 Å². The lowest BCUT2D eigenvalue weighted by atomic mass is 9.44. The van der Waals surface area contributed by atoms with Gasteiger partial charge >= 0.3 is 30.2 Å². The molecule has 0 spiro atoms. The maximum absolute atomic E-state index is 15.5. The SMILES string of the molecule is COC(=O)O[C@H]1C(=O)[C@@]2(C)[C@H]([C@H](OC(=O)c3cccc(OC)c3)[C@]3(O)C[C@H](OC(=O)[C@H](O)[C@H](C=C(C)C)NC(=O)OC(C)(C)C)C(C)=C1C3(C)C)[C@]1(OC(C)=O)CO[C@@H]1C[C@@H]2O. The Labute approximate surface area is 360 Å². The number of aliphatic hydroxyl groups excluding tert-OH is 2. The molecular weight excluding hydrogens is 814 g/mol. The number of nitrogens with one attached hydrogen (secondary N) is 1. The number of alkyl carbamates (subject to hydrolysis) is 1. The van der Waals surface area contributed by atoms with Crippen molar-refractivity contribution in [2.45, 2.75) is 142 Å². The first-order chi connectivity index (χ1) is 28.7. The summed E-state index contributed by atoms with van der Waals surface area (Å²) in [4.78, 5) is 83.0. The van der Waals surface area contributed by atoms with Crippen LogP contribution in [0.4, 0.5) is 9.59 Å². The number of rotatable bonds is 10. The number of amides is 1. The predicted octanol–water partition coefficient (Wildman–Crippen LogP) is 3.65. The molecule has 1 amide bonds. The zero-order valence-electron chi connectivity index (χ0n) is 37.2. The Morgan fingerprint density at radius 3 is 2.23 bits per heavy atom. The fourth-order valence-corrected chi connectivity index (χ4v) is 9.54. The molecule has 11 atom stereocenters.